The first kappa shape index (κ1) is 18.2. The highest BCUT2D eigenvalue weighted by Crippen LogP contribution is 2.26. The van der Waals surface area contributed by atoms with Gasteiger partial charge >= 0.3 is 0 Å². The summed E-state index contributed by atoms with van der Waals surface area (Å²) in [5.41, 5.74) is 1.41. The Morgan fingerprint density at radius 2 is 1.92 bits per heavy atom. The standard InChI is InChI=1S/C20H30N2O3/c1-2-14-7-8-18(23)16(13-14)20(25)21-15-9-11-22(12-10-15)17-5-3-4-6-19(17)24/h7-8,13,15,17,19,23-24H,2-6,9-12H2,1H3,(H,21,25). The normalized spacial score (nSPS) is 25.7. The van der Waals surface area contributed by atoms with Crippen LogP contribution in [0.5, 0.6) is 5.75 Å². The second-order valence-electron chi connectivity index (χ2n) is 7.41. The number of rotatable bonds is 4. The summed E-state index contributed by atoms with van der Waals surface area (Å²) >= 11 is 0. The Bertz CT molecular complexity index is 597. The number of piperidine rings is 1. The van der Waals surface area contributed by atoms with Crippen LogP contribution in [0.2, 0.25) is 0 Å². The summed E-state index contributed by atoms with van der Waals surface area (Å²) in [5, 5.41) is 23.3. The molecule has 138 valence electrons. The fourth-order valence-electron chi connectivity index (χ4n) is 4.14. The van der Waals surface area contributed by atoms with Crippen molar-refractivity contribution in [1.29, 1.82) is 0 Å². The average molecular weight is 346 g/mol. The lowest BCUT2D eigenvalue weighted by Gasteiger charge is -2.41. The third-order valence-corrected chi connectivity index (χ3v) is 5.74. The number of aliphatic hydroxyl groups excluding tert-OH is 1. The minimum Gasteiger partial charge on any atom is -0.507 e. The van der Waals surface area contributed by atoms with Gasteiger partial charge in [-0.15, -0.1) is 0 Å². The van der Waals surface area contributed by atoms with Crippen LogP contribution in [-0.4, -0.2) is 52.3 Å². The fourth-order valence-corrected chi connectivity index (χ4v) is 4.14. The molecule has 5 heteroatoms. The van der Waals surface area contributed by atoms with Gasteiger partial charge in [0.1, 0.15) is 5.75 Å². The second kappa shape index (κ2) is 8.19. The van der Waals surface area contributed by atoms with Crippen molar-refractivity contribution >= 4 is 5.91 Å². The van der Waals surface area contributed by atoms with E-state index in [2.05, 4.69) is 10.2 Å². The lowest BCUT2D eigenvalue weighted by molar-refractivity contribution is 0.00727. The summed E-state index contributed by atoms with van der Waals surface area (Å²) in [6, 6.07) is 5.64. The van der Waals surface area contributed by atoms with Crippen molar-refractivity contribution < 1.29 is 15.0 Å². The predicted molar refractivity (Wildman–Crippen MR) is 97.8 cm³/mol. The van der Waals surface area contributed by atoms with E-state index in [-0.39, 0.29) is 29.8 Å². The number of nitrogens with one attached hydrogen (secondary N) is 1. The van der Waals surface area contributed by atoms with Gasteiger partial charge in [0.05, 0.1) is 11.7 Å². The van der Waals surface area contributed by atoms with Crippen LogP contribution >= 0.6 is 0 Å². The summed E-state index contributed by atoms with van der Waals surface area (Å²) in [4.78, 5) is 14.9. The van der Waals surface area contributed by atoms with Gasteiger partial charge in [-0.3, -0.25) is 9.69 Å². The number of aromatic hydroxyl groups is 1. The highest BCUT2D eigenvalue weighted by molar-refractivity contribution is 5.97. The van der Waals surface area contributed by atoms with Gasteiger partial charge in [0.2, 0.25) is 0 Å². The predicted octanol–water partition coefficient (Wildman–Crippen LogP) is 2.45. The van der Waals surface area contributed by atoms with Gasteiger partial charge in [-0.2, -0.15) is 0 Å². The quantitative estimate of drug-likeness (QED) is 0.783. The Hall–Kier alpha value is -1.59. The molecular weight excluding hydrogens is 316 g/mol. The summed E-state index contributed by atoms with van der Waals surface area (Å²) in [6.07, 6.45) is 6.74. The number of amides is 1. The SMILES string of the molecule is CCc1ccc(O)c(C(=O)NC2CCN(C3CCCCC3O)CC2)c1. The lowest BCUT2D eigenvalue weighted by Crippen LogP contribution is -2.52. The first-order valence-electron chi connectivity index (χ1n) is 9.63. The number of carbonyl (C=O) groups is 1. The van der Waals surface area contributed by atoms with E-state index < -0.39 is 0 Å². The zero-order valence-corrected chi connectivity index (χ0v) is 15.1. The van der Waals surface area contributed by atoms with E-state index >= 15 is 0 Å². The molecule has 0 bridgehead atoms. The van der Waals surface area contributed by atoms with Crippen molar-refractivity contribution in [2.45, 2.75) is 70.1 Å². The van der Waals surface area contributed by atoms with Crippen LogP contribution in [0.4, 0.5) is 0 Å². The molecule has 1 aliphatic carbocycles. The first-order valence-corrected chi connectivity index (χ1v) is 9.63. The second-order valence-corrected chi connectivity index (χ2v) is 7.41. The van der Waals surface area contributed by atoms with Crippen molar-refractivity contribution in [1.82, 2.24) is 10.2 Å². The zero-order valence-electron chi connectivity index (χ0n) is 15.1. The van der Waals surface area contributed by atoms with E-state index in [1.807, 2.05) is 13.0 Å². The largest absolute Gasteiger partial charge is 0.507 e. The van der Waals surface area contributed by atoms with E-state index in [9.17, 15) is 15.0 Å². The van der Waals surface area contributed by atoms with Crippen LogP contribution in [0.1, 0.15) is 61.4 Å². The van der Waals surface area contributed by atoms with Crippen molar-refractivity contribution in [2.24, 2.45) is 0 Å². The van der Waals surface area contributed by atoms with E-state index in [1.54, 1.807) is 12.1 Å². The third-order valence-electron chi connectivity index (χ3n) is 5.74. The van der Waals surface area contributed by atoms with Crippen LogP contribution < -0.4 is 5.32 Å². The molecule has 1 amide bonds. The molecule has 2 atom stereocenters. The molecule has 0 spiro atoms. The van der Waals surface area contributed by atoms with Crippen LogP contribution in [0, 0.1) is 0 Å². The molecule has 2 aliphatic rings. The smallest absolute Gasteiger partial charge is 0.255 e. The molecule has 2 unspecified atom stereocenters. The molecular formula is C20H30N2O3. The lowest BCUT2D eigenvalue weighted by atomic mass is 9.89. The molecule has 0 aromatic heterocycles. The van der Waals surface area contributed by atoms with Crippen molar-refractivity contribution in [2.75, 3.05) is 13.1 Å². The van der Waals surface area contributed by atoms with Gasteiger partial charge in [-0.25, -0.2) is 0 Å². The van der Waals surface area contributed by atoms with E-state index in [0.717, 1.165) is 57.2 Å². The number of aryl methyl sites for hydroxylation is 1. The Labute approximate surface area is 150 Å². The fraction of sp³-hybridized carbons (Fsp3) is 0.650. The molecule has 3 rings (SSSR count). The van der Waals surface area contributed by atoms with Gasteiger partial charge in [-0.1, -0.05) is 25.8 Å². The molecule has 1 aromatic carbocycles. The zero-order chi connectivity index (χ0) is 17.8. The number of hydrogen-bond donors (Lipinski definition) is 3. The number of phenolic OH excluding ortho intramolecular Hbond substituents is 1. The van der Waals surface area contributed by atoms with Crippen LogP contribution in [0.15, 0.2) is 18.2 Å². The minimum atomic E-state index is -0.200. The first-order chi connectivity index (χ1) is 12.1. The number of carbonyl (C=O) groups excluding carboxylic acids is 1. The van der Waals surface area contributed by atoms with Crippen LogP contribution in [0.25, 0.3) is 0 Å². The van der Waals surface area contributed by atoms with E-state index in [0.29, 0.717) is 5.56 Å². The molecule has 25 heavy (non-hydrogen) atoms. The highest BCUT2D eigenvalue weighted by atomic mass is 16.3. The van der Waals surface area contributed by atoms with Gasteiger partial charge in [0.25, 0.3) is 5.91 Å². The molecule has 1 saturated heterocycles. The molecule has 1 aromatic rings. The molecule has 1 saturated carbocycles. The average Bonchev–Trinajstić information content (AvgIpc) is 2.63. The van der Waals surface area contributed by atoms with Crippen molar-refractivity contribution in [3.63, 3.8) is 0 Å². The third kappa shape index (κ3) is 4.33. The van der Waals surface area contributed by atoms with Gasteiger partial charge in [0.15, 0.2) is 0 Å². The maximum absolute atomic E-state index is 12.5. The summed E-state index contributed by atoms with van der Waals surface area (Å²) in [5.74, 6) is -0.151. The van der Waals surface area contributed by atoms with E-state index in [1.165, 1.54) is 6.42 Å². The van der Waals surface area contributed by atoms with Crippen molar-refractivity contribution in [3.05, 3.63) is 29.3 Å². The Morgan fingerprint density at radius 3 is 2.60 bits per heavy atom. The summed E-state index contributed by atoms with van der Waals surface area (Å²) in [7, 11) is 0. The number of aliphatic hydroxyl groups is 1. The molecule has 0 radical (unpaired) electrons. The number of phenols is 1. The molecule has 3 N–H and O–H groups in total. The monoisotopic (exact) mass is 346 g/mol. The number of benzene rings is 1. The number of likely N-dealkylation sites (tertiary alicyclic amines) is 1. The maximum Gasteiger partial charge on any atom is 0.255 e. The van der Waals surface area contributed by atoms with Gasteiger partial charge in [0, 0.05) is 25.2 Å². The number of nitrogens with zero attached hydrogens (tertiary/aromatic N) is 1. The number of hydrogen-bond acceptors (Lipinski definition) is 4. The molecule has 1 aliphatic heterocycles. The van der Waals surface area contributed by atoms with Gasteiger partial charge < -0.3 is 15.5 Å². The Kier molecular flexibility index (Phi) is 5.97. The highest BCUT2D eigenvalue weighted by Gasteiger charge is 2.31. The molecule has 1 heterocycles. The Morgan fingerprint density at radius 1 is 1.20 bits per heavy atom. The summed E-state index contributed by atoms with van der Waals surface area (Å²) in [6.45, 7) is 3.85. The maximum atomic E-state index is 12.5. The topological polar surface area (TPSA) is 72.8 Å². The summed E-state index contributed by atoms with van der Waals surface area (Å²) < 4.78 is 0. The van der Waals surface area contributed by atoms with Crippen LogP contribution in [-0.2, 0) is 6.42 Å². The van der Waals surface area contributed by atoms with E-state index in [4.69, 9.17) is 0 Å². The Balaban J connectivity index is 1.54. The van der Waals surface area contributed by atoms with Crippen LogP contribution in [0.3, 0.4) is 0 Å². The van der Waals surface area contributed by atoms with Crippen molar-refractivity contribution in [3.8, 4) is 5.75 Å². The molecule has 5 nitrogen and oxygen atoms in total. The molecule has 2 fully saturated rings. The van der Waals surface area contributed by atoms with Gasteiger partial charge in [-0.05, 0) is 49.8 Å². The minimum absolute atomic E-state index is 0.0393.